The summed E-state index contributed by atoms with van der Waals surface area (Å²) in [6.45, 7) is 5.77. The molecule has 48 heavy (non-hydrogen) atoms. The van der Waals surface area contributed by atoms with Gasteiger partial charge in [0.05, 0.1) is 0 Å². The van der Waals surface area contributed by atoms with Gasteiger partial charge in [0, 0.05) is 24.1 Å². The van der Waals surface area contributed by atoms with Crippen LogP contribution in [0.5, 0.6) is 5.75 Å². The molecule has 0 aromatic heterocycles. The van der Waals surface area contributed by atoms with E-state index >= 15 is 8.78 Å². The first-order chi connectivity index (χ1) is 22.9. The van der Waals surface area contributed by atoms with Gasteiger partial charge in [0.1, 0.15) is 19.0 Å². The topological polar surface area (TPSA) is 123 Å². The number of nitrogens with zero attached hydrogens (tertiary/aromatic N) is 1. The molecule has 1 aliphatic rings. The van der Waals surface area contributed by atoms with E-state index in [0.29, 0.717) is 16.9 Å². The molecule has 256 valence electrons. The van der Waals surface area contributed by atoms with Crippen LogP contribution >= 0.6 is 0 Å². The van der Waals surface area contributed by atoms with Crippen molar-refractivity contribution in [1.82, 2.24) is 15.7 Å². The summed E-state index contributed by atoms with van der Waals surface area (Å²) < 4.78 is 45.7. The van der Waals surface area contributed by atoms with Gasteiger partial charge >= 0.3 is 12.1 Å². The first kappa shape index (κ1) is 36.2. The molecule has 3 aromatic carbocycles. The Morgan fingerprint density at radius 3 is 2.21 bits per heavy atom. The van der Waals surface area contributed by atoms with Crippen LogP contribution in [0, 0.1) is 5.92 Å². The summed E-state index contributed by atoms with van der Waals surface area (Å²) in [7, 11) is -4.76. The summed E-state index contributed by atoms with van der Waals surface area (Å²) >= 11 is 0. The molecule has 1 saturated heterocycles. The van der Waals surface area contributed by atoms with Crippen molar-refractivity contribution in [3.8, 4) is 5.75 Å². The first-order valence-electron chi connectivity index (χ1n) is 15.8. The Kier molecular flexibility index (Phi) is 11.7. The van der Waals surface area contributed by atoms with E-state index in [4.69, 9.17) is 14.3 Å². The van der Waals surface area contributed by atoms with E-state index < -0.39 is 54.9 Å². The zero-order valence-corrected chi connectivity index (χ0v) is 28.5. The van der Waals surface area contributed by atoms with Crippen molar-refractivity contribution >= 4 is 31.7 Å². The highest BCUT2D eigenvalue weighted by molar-refractivity contribution is 7.05. The highest BCUT2D eigenvalue weighted by atomic mass is 28.3. The maximum Gasteiger partial charge on any atom is 0.409 e. The van der Waals surface area contributed by atoms with Crippen LogP contribution in [0.2, 0.25) is 6.55 Å². The van der Waals surface area contributed by atoms with Gasteiger partial charge in [0.25, 0.3) is 13.7 Å². The predicted octanol–water partition coefficient (Wildman–Crippen LogP) is 6.58. The summed E-state index contributed by atoms with van der Waals surface area (Å²) in [4.78, 5) is 60.7. The number of alkyl halides is 1. The number of carbonyl (C=O) groups is 4. The maximum absolute atomic E-state index is 18.9. The van der Waals surface area contributed by atoms with E-state index in [1.807, 2.05) is 37.3 Å². The normalized spacial score (nSPS) is 22.6. The Hall–Kier alpha value is -4.62. The van der Waals surface area contributed by atoms with E-state index in [0.717, 1.165) is 12.1 Å². The van der Waals surface area contributed by atoms with E-state index in [2.05, 4.69) is 10.8 Å². The Morgan fingerprint density at radius 1 is 1.00 bits per heavy atom. The number of rotatable bonds is 12. The van der Waals surface area contributed by atoms with Gasteiger partial charge in [-0.25, -0.2) is 14.0 Å². The molecule has 4 rings (SSSR count). The van der Waals surface area contributed by atoms with Gasteiger partial charge < -0.3 is 14.3 Å². The fourth-order valence-corrected chi connectivity index (χ4v) is 8.25. The molecule has 0 saturated carbocycles. The van der Waals surface area contributed by atoms with Crippen LogP contribution in [0.15, 0.2) is 84.9 Å². The Morgan fingerprint density at radius 2 is 1.62 bits per heavy atom. The van der Waals surface area contributed by atoms with Crippen molar-refractivity contribution in [2.45, 2.75) is 70.9 Å². The fraction of sp³-hybridized carbons (Fsp3) is 0.371. The zero-order valence-electron chi connectivity index (χ0n) is 27.5. The quantitative estimate of drug-likeness (QED) is 0.125. The number of alkyl carbamates (subject to hydrolysis) is 1. The second-order valence-electron chi connectivity index (χ2n) is 12.2. The number of hydroxylamine groups is 1. The van der Waals surface area contributed by atoms with Crippen molar-refractivity contribution in [3.63, 3.8) is 0 Å². The van der Waals surface area contributed by atoms with E-state index in [-0.39, 0.29) is 37.4 Å². The van der Waals surface area contributed by atoms with Crippen molar-refractivity contribution < 1.29 is 42.3 Å². The monoisotopic (exact) mass is 681 g/mol. The minimum absolute atomic E-state index is 0.109. The molecule has 2 unspecified atom stereocenters. The van der Waals surface area contributed by atoms with Crippen molar-refractivity contribution in [1.29, 1.82) is 0 Å². The van der Waals surface area contributed by atoms with E-state index in [9.17, 15) is 19.2 Å². The second kappa shape index (κ2) is 15.5. The number of ether oxygens (including phenoxy) is 2. The first-order valence-corrected chi connectivity index (χ1v) is 18.5. The van der Waals surface area contributed by atoms with Gasteiger partial charge in [-0.2, -0.15) is 9.87 Å². The smallest absolute Gasteiger partial charge is 0.409 e. The number of hydrogen-bond donors (Lipinski definition) is 2. The van der Waals surface area contributed by atoms with E-state index in [1.54, 1.807) is 36.4 Å². The van der Waals surface area contributed by atoms with Crippen molar-refractivity contribution in [2.75, 3.05) is 6.17 Å². The van der Waals surface area contributed by atoms with Gasteiger partial charge in [0.2, 0.25) is 17.0 Å². The number of amides is 2. The van der Waals surface area contributed by atoms with Gasteiger partial charge in [-0.1, -0.05) is 107 Å². The van der Waals surface area contributed by atoms with Gasteiger partial charge in [-0.15, -0.1) is 0 Å². The SMILES string of the molecule is CCCCC(=O)N1C(F)(c2cccc(OCc3ccccc3)c2)[Si](C)(C(=O)F)CNOC(=O)[C@@]1(NC(=O)OCc1ccccc1)C(C)C. The molecule has 0 spiro atoms. The molecule has 3 aromatic rings. The number of halogens is 2. The van der Waals surface area contributed by atoms with Crippen LogP contribution in [0.4, 0.5) is 18.4 Å². The number of nitrogens with one attached hydrogen (secondary N) is 2. The molecule has 0 radical (unpaired) electrons. The molecule has 1 fully saturated rings. The number of hydrogen-bond acceptors (Lipinski definition) is 8. The van der Waals surface area contributed by atoms with Crippen molar-refractivity contribution in [3.05, 3.63) is 102 Å². The summed E-state index contributed by atoms with van der Waals surface area (Å²) in [5, 5.41) is 2.44. The van der Waals surface area contributed by atoms with Crippen LogP contribution in [0.1, 0.15) is 56.7 Å². The van der Waals surface area contributed by atoms with Crippen LogP contribution in [0.3, 0.4) is 0 Å². The van der Waals surface area contributed by atoms with Crippen LogP contribution in [0.25, 0.3) is 0 Å². The van der Waals surface area contributed by atoms with Crippen molar-refractivity contribution in [2.24, 2.45) is 5.92 Å². The molecule has 10 nitrogen and oxygen atoms in total. The van der Waals surface area contributed by atoms with Gasteiger partial charge in [-0.3, -0.25) is 19.8 Å². The molecule has 0 bridgehead atoms. The molecular weight excluding hydrogens is 640 g/mol. The molecule has 2 amide bonds. The predicted molar refractivity (Wildman–Crippen MR) is 176 cm³/mol. The van der Waals surface area contributed by atoms with E-state index in [1.165, 1.54) is 32.0 Å². The lowest BCUT2D eigenvalue weighted by molar-refractivity contribution is -0.193. The molecule has 3 atom stereocenters. The lowest BCUT2D eigenvalue weighted by atomic mass is 9.91. The molecule has 1 heterocycles. The fourth-order valence-electron chi connectivity index (χ4n) is 5.67. The molecule has 0 aliphatic carbocycles. The molecule has 1 aliphatic heterocycles. The highest BCUT2D eigenvalue weighted by Crippen LogP contribution is 2.48. The standard InChI is InChI=1S/C35H41F2N3O7Si/c1-5-6-20-30(41)40-34(25(2)3,39-33(44)46-23-27-16-11-8-12-17-27)31(42)47-38-24-48(4,32(36)43)35(40,37)28-18-13-19-29(21-28)45-22-26-14-9-7-10-15-26/h7-19,21,25,38H,5-6,20,22-24H2,1-4H3,(H,39,44)/t34-,35?,48?/m1/s1. The maximum atomic E-state index is 18.9. The van der Waals surface area contributed by atoms with Crippen LogP contribution in [-0.2, 0) is 37.8 Å². The average Bonchev–Trinajstić information content (AvgIpc) is 3.08. The Balaban J connectivity index is 1.91. The molecule has 13 heteroatoms. The summed E-state index contributed by atoms with van der Waals surface area (Å²) in [5.41, 5.74) is -4.44. The minimum atomic E-state index is -4.76. The lowest BCUT2D eigenvalue weighted by Crippen LogP contribution is -2.82. The van der Waals surface area contributed by atoms with Crippen LogP contribution < -0.4 is 15.5 Å². The zero-order chi connectivity index (χ0) is 35.0. The lowest BCUT2D eigenvalue weighted by Gasteiger charge is -2.55. The number of benzene rings is 3. The third-order valence-electron chi connectivity index (χ3n) is 8.53. The molecule has 2 N–H and O–H groups in total. The number of unbranched alkanes of at least 4 members (excludes halogenated alkanes) is 1. The van der Waals surface area contributed by atoms with Gasteiger partial charge in [-0.05, 0) is 29.7 Å². The summed E-state index contributed by atoms with van der Waals surface area (Å²) in [5.74, 6) is -3.11. The second-order valence-corrected chi connectivity index (χ2v) is 16.3. The highest BCUT2D eigenvalue weighted by Gasteiger charge is 2.71. The average molecular weight is 682 g/mol. The Labute approximate surface area is 279 Å². The number of carbonyl (C=O) groups excluding carboxylic acids is 4. The largest absolute Gasteiger partial charge is 0.489 e. The minimum Gasteiger partial charge on any atom is -0.489 e. The van der Waals surface area contributed by atoms with Gasteiger partial charge in [0.15, 0.2) is 0 Å². The summed E-state index contributed by atoms with van der Waals surface area (Å²) in [6, 6.07) is 23.5. The van der Waals surface area contributed by atoms with Crippen LogP contribution in [-0.4, -0.2) is 48.4 Å². The third-order valence-corrected chi connectivity index (χ3v) is 12.2. The third kappa shape index (κ3) is 7.26. The summed E-state index contributed by atoms with van der Waals surface area (Å²) in [6.07, 6.45) is -1.38. The Bertz CT molecular complexity index is 1600. The molecular formula is C35H41F2N3O7Si.